The molecule has 0 unspecified atom stereocenters. The quantitative estimate of drug-likeness (QED) is 0.192. The minimum Gasteiger partial charge on any atom is -0.390 e. The number of aliphatic hydroxyl groups excluding tert-OH is 2. The van der Waals surface area contributed by atoms with Gasteiger partial charge >= 0.3 is 0 Å². The van der Waals surface area contributed by atoms with Gasteiger partial charge in [-0.3, -0.25) is 9.78 Å². The van der Waals surface area contributed by atoms with Crippen LogP contribution in [0, 0.1) is 30.3 Å². The summed E-state index contributed by atoms with van der Waals surface area (Å²) in [6.07, 6.45) is 1.44. The van der Waals surface area contributed by atoms with Gasteiger partial charge in [-0.05, 0) is 38.3 Å². The Morgan fingerprint density at radius 2 is 1.83 bits per heavy atom. The molecule has 10 nitrogen and oxygen atoms in total. The minimum absolute atomic E-state index is 0.0558. The van der Waals surface area contributed by atoms with Crippen molar-refractivity contribution in [2.75, 3.05) is 17.7 Å². The molecule has 1 amide bonds. The van der Waals surface area contributed by atoms with Crippen LogP contribution in [-0.2, 0) is 11.3 Å². The number of pyridine rings is 1. The molecule has 14 heteroatoms. The van der Waals surface area contributed by atoms with Gasteiger partial charge < -0.3 is 26.2 Å². The van der Waals surface area contributed by atoms with E-state index in [9.17, 15) is 28.2 Å². The van der Waals surface area contributed by atoms with E-state index in [0.29, 0.717) is 28.2 Å². The molecule has 0 aliphatic heterocycles. The third-order valence-electron chi connectivity index (χ3n) is 7.72. The molecule has 2 fully saturated rings. The van der Waals surface area contributed by atoms with E-state index in [4.69, 9.17) is 4.98 Å². The number of rotatable bonds is 8. The fourth-order valence-electron chi connectivity index (χ4n) is 5.32. The molecule has 2 saturated carbocycles. The van der Waals surface area contributed by atoms with Gasteiger partial charge in [-0.1, -0.05) is 0 Å². The van der Waals surface area contributed by atoms with Crippen LogP contribution >= 0.6 is 11.3 Å². The lowest BCUT2D eigenvalue weighted by Gasteiger charge is -2.21. The molecule has 2 aliphatic rings. The van der Waals surface area contributed by atoms with E-state index >= 15 is 0 Å². The number of nitrogens with zero attached hydrogens (tertiary/aromatic N) is 4. The fourth-order valence-corrected chi connectivity index (χ4v) is 6.39. The van der Waals surface area contributed by atoms with Crippen LogP contribution in [0.25, 0.3) is 20.8 Å². The van der Waals surface area contributed by atoms with Crippen molar-refractivity contribution in [1.82, 2.24) is 25.3 Å². The number of hydrogen-bond donors (Lipinski definition) is 5. The number of nitrogens with one attached hydrogen (secondary N) is 3. The largest absolute Gasteiger partial charge is 0.390 e. The highest BCUT2D eigenvalue weighted by atomic mass is 32.1. The lowest BCUT2D eigenvalue weighted by molar-refractivity contribution is -0.128. The van der Waals surface area contributed by atoms with Crippen LogP contribution in [0.3, 0.4) is 0 Å². The predicted molar refractivity (Wildman–Crippen MR) is 150 cm³/mol. The summed E-state index contributed by atoms with van der Waals surface area (Å²) in [7, 11) is 1.46. The highest BCUT2D eigenvalue weighted by molar-refractivity contribution is 7.21. The first-order valence-corrected chi connectivity index (χ1v) is 14.3. The molecule has 3 aromatic heterocycles. The molecule has 220 valence electrons. The molecule has 0 spiro atoms. The Kier molecular flexibility index (Phi) is 7.45. The van der Waals surface area contributed by atoms with Gasteiger partial charge in [0, 0.05) is 37.3 Å². The summed E-state index contributed by atoms with van der Waals surface area (Å²) < 4.78 is 42.3. The van der Waals surface area contributed by atoms with Gasteiger partial charge in [0.25, 0.3) is 0 Å². The maximum absolute atomic E-state index is 14.3. The Bertz CT molecular complexity index is 1680. The highest BCUT2D eigenvalue weighted by Crippen LogP contribution is 2.44. The normalized spacial score (nSPS) is 22.0. The monoisotopic (exact) mass is 599 g/mol. The van der Waals surface area contributed by atoms with Gasteiger partial charge in [0.1, 0.15) is 28.3 Å². The van der Waals surface area contributed by atoms with Gasteiger partial charge in [0.05, 0.1) is 39.7 Å². The topological polar surface area (TPSA) is 145 Å². The Labute approximate surface area is 242 Å². The first-order valence-electron chi connectivity index (χ1n) is 13.5. The average Bonchev–Trinajstić information content (AvgIpc) is 3.66. The number of hydrogen-bond acceptors (Lipinski definition) is 10. The Morgan fingerprint density at radius 1 is 1.07 bits per heavy atom. The second-order valence-corrected chi connectivity index (χ2v) is 11.6. The zero-order valence-corrected chi connectivity index (χ0v) is 23.5. The standard InChI is InChI=1S/C28H28F3N7O3S/c1-11-20(27-37-22-19(42-27)5-6-33-21(22)12-3-4-12)25(36-18-8-14(26(41)32-2)23(39)24(18)40)38-28(35-11)34-10-13-7-16(30)17(31)9-15(13)29/h5-7,9,12,14,18,23-24,39-40H,3-4,8,10H2,1-2H3,(H,32,41)(H2,34,35,36,38)/t14-,18+,23+,24-/m0/s1. The molecule has 0 saturated heterocycles. The number of thiazole rings is 1. The number of aryl methyl sites for hydroxylation is 1. The van der Waals surface area contributed by atoms with Crippen LogP contribution in [-0.4, -0.2) is 61.4 Å². The zero-order valence-electron chi connectivity index (χ0n) is 22.7. The number of fused-ring (bicyclic) bond motifs is 1. The summed E-state index contributed by atoms with van der Waals surface area (Å²) in [6, 6.07) is 2.38. The van der Waals surface area contributed by atoms with E-state index in [1.165, 1.54) is 18.4 Å². The molecular formula is C28H28F3N7O3S. The molecule has 42 heavy (non-hydrogen) atoms. The molecule has 3 heterocycles. The number of benzene rings is 1. The molecule has 4 aromatic rings. The van der Waals surface area contributed by atoms with Crippen molar-refractivity contribution in [3.8, 4) is 10.6 Å². The molecule has 4 atom stereocenters. The van der Waals surface area contributed by atoms with Gasteiger partial charge in [-0.25, -0.2) is 23.1 Å². The summed E-state index contributed by atoms with van der Waals surface area (Å²) >= 11 is 1.43. The fraction of sp³-hybridized carbons (Fsp3) is 0.393. The number of anilines is 2. The van der Waals surface area contributed by atoms with E-state index < -0.39 is 47.5 Å². The van der Waals surface area contributed by atoms with E-state index in [1.54, 1.807) is 13.1 Å². The highest BCUT2D eigenvalue weighted by Gasteiger charge is 2.45. The van der Waals surface area contributed by atoms with Crippen molar-refractivity contribution in [2.45, 2.75) is 56.9 Å². The molecule has 0 radical (unpaired) electrons. The van der Waals surface area contributed by atoms with Crippen LogP contribution in [0.4, 0.5) is 24.9 Å². The third-order valence-corrected chi connectivity index (χ3v) is 8.76. The Balaban J connectivity index is 1.38. The summed E-state index contributed by atoms with van der Waals surface area (Å²) in [5.74, 6) is -3.93. The lowest BCUT2D eigenvalue weighted by atomic mass is 10.1. The summed E-state index contributed by atoms with van der Waals surface area (Å²) in [5, 5.41) is 30.5. The number of halogens is 3. The van der Waals surface area contributed by atoms with E-state index in [2.05, 4.69) is 30.9 Å². The maximum Gasteiger partial charge on any atom is 0.225 e. The first kappa shape index (κ1) is 28.2. The number of carbonyl (C=O) groups excluding carboxylic acids is 1. The van der Waals surface area contributed by atoms with E-state index in [0.717, 1.165) is 34.8 Å². The van der Waals surface area contributed by atoms with E-state index in [-0.39, 0.29) is 30.3 Å². The minimum atomic E-state index is -1.29. The van der Waals surface area contributed by atoms with Gasteiger partial charge in [-0.15, -0.1) is 11.3 Å². The van der Waals surface area contributed by atoms with Crippen LogP contribution in [0.1, 0.15) is 42.1 Å². The van der Waals surface area contributed by atoms with Crippen LogP contribution in [0.5, 0.6) is 0 Å². The summed E-state index contributed by atoms with van der Waals surface area (Å²) in [5.41, 5.74) is 2.67. The molecule has 0 bridgehead atoms. The maximum atomic E-state index is 14.3. The van der Waals surface area contributed by atoms with Crippen LogP contribution in [0.15, 0.2) is 24.4 Å². The molecule has 2 aliphatic carbocycles. The van der Waals surface area contributed by atoms with Crippen molar-refractivity contribution in [3.63, 3.8) is 0 Å². The summed E-state index contributed by atoms with van der Waals surface area (Å²) in [4.78, 5) is 30.9. The zero-order chi connectivity index (χ0) is 29.7. The number of carbonyl (C=O) groups is 1. The van der Waals surface area contributed by atoms with Crippen molar-refractivity contribution < 1.29 is 28.2 Å². The van der Waals surface area contributed by atoms with Crippen molar-refractivity contribution in [2.24, 2.45) is 5.92 Å². The average molecular weight is 600 g/mol. The number of aromatic nitrogens is 4. The molecule has 5 N–H and O–H groups in total. The van der Waals surface area contributed by atoms with Crippen molar-refractivity contribution in [1.29, 1.82) is 0 Å². The van der Waals surface area contributed by atoms with Crippen molar-refractivity contribution >= 4 is 39.2 Å². The molecule has 6 rings (SSSR count). The van der Waals surface area contributed by atoms with Crippen LogP contribution < -0.4 is 16.0 Å². The first-order chi connectivity index (χ1) is 20.1. The predicted octanol–water partition coefficient (Wildman–Crippen LogP) is 3.63. The second-order valence-electron chi connectivity index (χ2n) is 10.6. The van der Waals surface area contributed by atoms with E-state index in [1.807, 2.05) is 6.07 Å². The third kappa shape index (κ3) is 5.25. The van der Waals surface area contributed by atoms with Crippen LogP contribution in [0.2, 0.25) is 0 Å². The smallest absolute Gasteiger partial charge is 0.225 e. The number of amides is 1. The van der Waals surface area contributed by atoms with Gasteiger partial charge in [-0.2, -0.15) is 4.98 Å². The lowest BCUT2D eigenvalue weighted by Crippen LogP contribution is -2.38. The Morgan fingerprint density at radius 3 is 2.57 bits per heavy atom. The summed E-state index contributed by atoms with van der Waals surface area (Å²) in [6.45, 7) is 1.51. The Hall–Kier alpha value is -3.88. The second kappa shape index (κ2) is 11.1. The number of aliphatic hydroxyl groups is 2. The SMILES string of the molecule is CNC(=O)[C@H]1C[C@@H](Nc2nc(NCc3cc(F)c(F)cc3F)nc(C)c2-c2nc3c(C4CC4)nccc3s2)[C@H](O)[C@@H]1O. The molecular weight excluding hydrogens is 571 g/mol. The van der Waals surface area contributed by atoms with Crippen molar-refractivity contribution in [3.05, 3.63) is 58.8 Å². The molecule has 1 aromatic carbocycles. The van der Waals surface area contributed by atoms with Gasteiger partial charge in [0.15, 0.2) is 11.6 Å². The van der Waals surface area contributed by atoms with Gasteiger partial charge in [0.2, 0.25) is 11.9 Å².